The Morgan fingerprint density at radius 3 is 2.62 bits per heavy atom. The molecule has 0 bridgehead atoms. The van der Waals surface area contributed by atoms with Crippen LogP contribution in [0.2, 0.25) is 5.02 Å². The van der Waals surface area contributed by atoms with E-state index in [1.807, 2.05) is 54.6 Å². The molecule has 5 rings (SSSR count). The molecular formula is C23H18ClN5O3. The van der Waals surface area contributed by atoms with E-state index >= 15 is 0 Å². The second kappa shape index (κ2) is 8.24. The summed E-state index contributed by atoms with van der Waals surface area (Å²) in [4.78, 5) is 16.9. The Labute approximate surface area is 188 Å². The molecule has 0 saturated heterocycles. The molecule has 32 heavy (non-hydrogen) atoms. The molecule has 1 atom stereocenters. The smallest absolute Gasteiger partial charge is 0.293 e. The number of halogens is 1. The van der Waals surface area contributed by atoms with Gasteiger partial charge in [0.05, 0.1) is 13.4 Å². The van der Waals surface area contributed by atoms with Crippen molar-refractivity contribution in [1.29, 1.82) is 0 Å². The maximum atomic E-state index is 12.4. The second-order valence-corrected chi connectivity index (χ2v) is 7.50. The number of ether oxygens (including phenoxy) is 1. The summed E-state index contributed by atoms with van der Waals surface area (Å²) < 4.78 is 12.1. The lowest BCUT2D eigenvalue weighted by molar-refractivity contribution is 0.0995. The number of carbonyl (C=O) groups is 1. The molecular weight excluding hydrogens is 430 g/mol. The zero-order valence-electron chi connectivity index (χ0n) is 16.9. The summed E-state index contributed by atoms with van der Waals surface area (Å²) in [7, 11) is 1.63. The van der Waals surface area contributed by atoms with Crippen LogP contribution in [0.3, 0.4) is 0 Å². The first kappa shape index (κ1) is 19.9. The summed E-state index contributed by atoms with van der Waals surface area (Å²) >= 11 is 6.05. The molecule has 2 aromatic heterocycles. The second-order valence-electron chi connectivity index (χ2n) is 7.07. The highest BCUT2D eigenvalue weighted by atomic mass is 35.5. The Morgan fingerprint density at radius 2 is 1.94 bits per heavy atom. The van der Waals surface area contributed by atoms with Gasteiger partial charge in [0.25, 0.3) is 11.9 Å². The van der Waals surface area contributed by atoms with Crippen LogP contribution in [0.5, 0.6) is 5.75 Å². The minimum absolute atomic E-state index is 0.165. The zero-order chi connectivity index (χ0) is 22.1. The number of amides is 1. The number of allylic oxidation sites excluding steroid dienone is 1. The number of furan rings is 1. The van der Waals surface area contributed by atoms with Gasteiger partial charge in [-0.2, -0.15) is 4.98 Å². The molecule has 3 heterocycles. The summed E-state index contributed by atoms with van der Waals surface area (Å²) in [5, 5.41) is 11.1. The third-order valence-electron chi connectivity index (χ3n) is 5.05. The Morgan fingerprint density at radius 1 is 1.16 bits per heavy atom. The molecule has 1 aliphatic heterocycles. The fourth-order valence-corrected chi connectivity index (χ4v) is 3.58. The molecule has 0 fully saturated rings. The Kier molecular flexibility index (Phi) is 5.12. The average Bonchev–Trinajstić information content (AvgIpc) is 3.49. The van der Waals surface area contributed by atoms with Gasteiger partial charge in [-0.3, -0.25) is 10.1 Å². The van der Waals surface area contributed by atoms with Crippen molar-refractivity contribution in [1.82, 2.24) is 14.8 Å². The molecule has 0 unspecified atom stereocenters. The van der Waals surface area contributed by atoms with Gasteiger partial charge in [-0.1, -0.05) is 35.9 Å². The number of rotatable bonds is 5. The minimum Gasteiger partial charge on any atom is -0.497 e. The maximum absolute atomic E-state index is 12.4. The average molecular weight is 448 g/mol. The zero-order valence-corrected chi connectivity index (χ0v) is 17.7. The highest BCUT2D eigenvalue weighted by Gasteiger charge is 2.26. The molecule has 8 nitrogen and oxygen atoms in total. The predicted molar refractivity (Wildman–Crippen MR) is 121 cm³/mol. The lowest BCUT2D eigenvalue weighted by atomic mass is 10.0. The van der Waals surface area contributed by atoms with Gasteiger partial charge in [-0.05, 0) is 53.6 Å². The first-order valence-corrected chi connectivity index (χ1v) is 10.2. The SMILES string of the molecule is COc1ccc([C@H]2C=C(c3ccc(Cl)cc3)Nc3nc(NC(=O)c4ccco4)nn32)cc1. The highest BCUT2D eigenvalue weighted by molar-refractivity contribution is 6.30. The largest absolute Gasteiger partial charge is 0.497 e. The molecule has 2 aromatic carbocycles. The number of fused-ring (bicyclic) bond motifs is 1. The summed E-state index contributed by atoms with van der Waals surface area (Å²) in [5.74, 6) is 1.17. The van der Waals surface area contributed by atoms with Crippen molar-refractivity contribution < 1.29 is 13.9 Å². The lowest BCUT2D eigenvalue weighted by Crippen LogP contribution is -2.20. The standard InChI is InChI=1S/C23H18ClN5O3/c1-31-17-10-6-15(7-11-17)19-13-18(14-4-8-16(24)9-5-14)25-23-27-22(28-29(19)23)26-21(30)20-3-2-12-32-20/h2-13,19H,1H3,(H2,25,26,27,28,30)/t19-/m1/s1. The lowest BCUT2D eigenvalue weighted by Gasteiger charge is -2.24. The van der Waals surface area contributed by atoms with Gasteiger partial charge in [0.2, 0.25) is 5.95 Å². The van der Waals surface area contributed by atoms with Gasteiger partial charge in [0.1, 0.15) is 11.8 Å². The van der Waals surface area contributed by atoms with Crippen molar-refractivity contribution in [3.8, 4) is 5.75 Å². The van der Waals surface area contributed by atoms with Crippen molar-refractivity contribution in [3.63, 3.8) is 0 Å². The van der Waals surface area contributed by atoms with E-state index in [9.17, 15) is 4.79 Å². The van der Waals surface area contributed by atoms with Gasteiger partial charge < -0.3 is 14.5 Å². The van der Waals surface area contributed by atoms with Crippen molar-refractivity contribution in [2.45, 2.75) is 6.04 Å². The van der Waals surface area contributed by atoms with Gasteiger partial charge in [0, 0.05) is 10.7 Å². The number of hydrogen-bond donors (Lipinski definition) is 2. The van der Waals surface area contributed by atoms with Crippen LogP contribution in [0.4, 0.5) is 11.9 Å². The van der Waals surface area contributed by atoms with Gasteiger partial charge in [0.15, 0.2) is 5.76 Å². The summed E-state index contributed by atoms with van der Waals surface area (Å²) in [6.45, 7) is 0. The molecule has 1 amide bonds. The monoisotopic (exact) mass is 447 g/mol. The summed E-state index contributed by atoms with van der Waals surface area (Å²) in [5.41, 5.74) is 2.78. The van der Waals surface area contributed by atoms with Crippen molar-refractivity contribution in [2.75, 3.05) is 17.7 Å². The molecule has 0 saturated carbocycles. The van der Waals surface area contributed by atoms with Crippen LogP contribution in [-0.4, -0.2) is 27.8 Å². The number of anilines is 2. The maximum Gasteiger partial charge on any atom is 0.293 e. The van der Waals surface area contributed by atoms with E-state index in [2.05, 4.69) is 20.7 Å². The number of carbonyl (C=O) groups excluding carboxylic acids is 1. The van der Waals surface area contributed by atoms with E-state index in [0.29, 0.717) is 11.0 Å². The molecule has 0 spiro atoms. The van der Waals surface area contributed by atoms with Crippen LogP contribution in [0, 0.1) is 0 Å². The van der Waals surface area contributed by atoms with Crippen molar-refractivity contribution >= 4 is 35.1 Å². The van der Waals surface area contributed by atoms with Crippen LogP contribution in [0.25, 0.3) is 5.70 Å². The summed E-state index contributed by atoms with van der Waals surface area (Å²) in [6.07, 6.45) is 3.48. The Hall–Kier alpha value is -4.04. The van der Waals surface area contributed by atoms with Crippen LogP contribution in [0.15, 0.2) is 77.4 Å². The number of hydrogen-bond acceptors (Lipinski definition) is 6. The summed E-state index contributed by atoms with van der Waals surface area (Å²) in [6, 6.07) is 18.2. The number of nitrogens with zero attached hydrogens (tertiary/aromatic N) is 3. The molecule has 0 aliphatic carbocycles. The molecule has 4 aromatic rings. The normalized spacial score (nSPS) is 14.8. The minimum atomic E-state index is -0.426. The Bertz CT molecular complexity index is 1280. The highest BCUT2D eigenvalue weighted by Crippen LogP contribution is 2.34. The van der Waals surface area contributed by atoms with E-state index in [1.165, 1.54) is 6.26 Å². The molecule has 160 valence electrons. The van der Waals surface area contributed by atoms with E-state index < -0.39 is 5.91 Å². The van der Waals surface area contributed by atoms with Crippen LogP contribution >= 0.6 is 11.6 Å². The number of aromatic nitrogens is 3. The van der Waals surface area contributed by atoms with Crippen molar-refractivity contribution in [2.24, 2.45) is 0 Å². The third kappa shape index (κ3) is 3.83. The topological polar surface area (TPSA) is 94.2 Å². The van der Waals surface area contributed by atoms with Crippen molar-refractivity contribution in [3.05, 3.63) is 94.9 Å². The molecule has 1 aliphatic rings. The van der Waals surface area contributed by atoms with Crippen LogP contribution in [-0.2, 0) is 0 Å². The van der Waals surface area contributed by atoms with E-state index in [1.54, 1.807) is 23.9 Å². The number of methoxy groups -OCH3 is 1. The Balaban J connectivity index is 1.52. The van der Waals surface area contributed by atoms with Gasteiger partial charge >= 0.3 is 0 Å². The number of benzene rings is 2. The first-order chi connectivity index (χ1) is 15.6. The van der Waals surface area contributed by atoms with Gasteiger partial charge in [-0.25, -0.2) is 4.68 Å². The third-order valence-corrected chi connectivity index (χ3v) is 5.30. The van der Waals surface area contributed by atoms with E-state index in [0.717, 1.165) is 22.6 Å². The van der Waals surface area contributed by atoms with Crippen LogP contribution in [0.1, 0.15) is 27.7 Å². The molecule has 0 radical (unpaired) electrons. The van der Waals surface area contributed by atoms with Crippen LogP contribution < -0.4 is 15.4 Å². The molecule has 9 heteroatoms. The quantitative estimate of drug-likeness (QED) is 0.454. The fourth-order valence-electron chi connectivity index (χ4n) is 3.45. The first-order valence-electron chi connectivity index (χ1n) is 9.81. The van der Waals surface area contributed by atoms with E-state index in [-0.39, 0.29) is 17.8 Å². The molecule has 2 N–H and O–H groups in total. The van der Waals surface area contributed by atoms with E-state index in [4.69, 9.17) is 20.8 Å². The number of nitrogens with one attached hydrogen (secondary N) is 2. The fraction of sp³-hybridized carbons (Fsp3) is 0.0870. The van der Waals surface area contributed by atoms with Gasteiger partial charge in [-0.15, -0.1) is 5.10 Å². The predicted octanol–water partition coefficient (Wildman–Crippen LogP) is 4.84.